The lowest BCUT2D eigenvalue weighted by Crippen LogP contribution is -2.41. The van der Waals surface area contributed by atoms with Crippen molar-refractivity contribution in [2.45, 2.75) is 82.7 Å². The van der Waals surface area contributed by atoms with Crippen LogP contribution in [0.2, 0.25) is 5.02 Å². The molecule has 1 saturated carbocycles. The van der Waals surface area contributed by atoms with Gasteiger partial charge in [-0.25, -0.2) is 4.68 Å². The van der Waals surface area contributed by atoms with Gasteiger partial charge in [0.05, 0.1) is 11.4 Å². The number of ether oxygens (including phenoxy) is 1. The van der Waals surface area contributed by atoms with Gasteiger partial charge < -0.3 is 25.4 Å². The third-order valence-corrected chi connectivity index (χ3v) is 9.45. The number of benzene rings is 1. The zero-order chi connectivity index (χ0) is 31.8. The van der Waals surface area contributed by atoms with Gasteiger partial charge in [0, 0.05) is 48.5 Å². The number of piperidine rings is 1. The maximum atomic E-state index is 14.8. The molecule has 2 aromatic heterocycles. The molecular formula is C31H37ClF3N7O3. The van der Waals surface area contributed by atoms with Crippen molar-refractivity contribution < 1.29 is 27.8 Å². The number of nitrogens with zero attached hydrogens (tertiary/aromatic N) is 5. The summed E-state index contributed by atoms with van der Waals surface area (Å²) in [5, 5.41) is 20.5. The summed E-state index contributed by atoms with van der Waals surface area (Å²) in [5.41, 5.74) is 0.503. The topological polar surface area (TPSA) is 117 Å². The standard InChI is InChI=1S/C31H37ClF3N7O3/c1-19-9-12-42(40-19)24-15-20(32)7-8-22(24)27(31(33,34)35)45-26-16-25(38-29(39-26)37-21-5-3-2-4-6-21)41-13-10-30(11-14-41)17-23(28(43)44)36-18-30/h7-9,12,15-16,21,23,27,36H,2-6,10-11,13-14,17-18H2,1H3,(H,43,44)(H,37,38,39)/t23?,27-/m1/s1. The van der Waals surface area contributed by atoms with Crippen LogP contribution in [0.3, 0.4) is 0 Å². The lowest BCUT2D eigenvalue weighted by Gasteiger charge is -2.39. The molecule has 0 radical (unpaired) electrons. The van der Waals surface area contributed by atoms with Gasteiger partial charge in [-0.1, -0.05) is 36.9 Å². The zero-order valence-corrected chi connectivity index (χ0v) is 25.7. The highest BCUT2D eigenvalue weighted by Gasteiger charge is 2.46. The molecule has 242 valence electrons. The van der Waals surface area contributed by atoms with Crippen LogP contribution in [0.25, 0.3) is 5.69 Å². The summed E-state index contributed by atoms with van der Waals surface area (Å²) in [6.45, 7) is 3.53. The van der Waals surface area contributed by atoms with Crippen molar-refractivity contribution in [2.75, 3.05) is 29.9 Å². The molecular weight excluding hydrogens is 611 g/mol. The summed E-state index contributed by atoms with van der Waals surface area (Å²) in [7, 11) is 0. The summed E-state index contributed by atoms with van der Waals surface area (Å²) in [6, 6.07) is 6.85. The molecule has 1 aromatic carbocycles. The monoisotopic (exact) mass is 647 g/mol. The van der Waals surface area contributed by atoms with Gasteiger partial charge in [0.1, 0.15) is 11.9 Å². The lowest BCUT2D eigenvalue weighted by molar-refractivity contribution is -0.198. The van der Waals surface area contributed by atoms with Crippen LogP contribution in [0.15, 0.2) is 36.5 Å². The van der Waals surface area contributed by atoms with E-state index >= 15 is 0 Å². The molecule has 14 heteroatoms. The smallest absolute Gasteiger partial charge is 0.429 e. The van der Waals surface area contributed by atoms with E-state index in [0.717, 1.165) is 44.9 Å². The average Bonchev–Trinajstić information content (AvgIpc) is 3.63. The number of halogens is 4. The van der Waals surface area contributed by atoms with Crippen molar-refractivity contribution >= 4 is 29.3 Å². The van der Waals surface area contributed by atoms with Gasteiger partial charge >= 0.3 is 12.1 Å². The first kappa shape index (κ1) is 31.4. The Kier molecular flexibility index (Phi) is 8.84. The summed E-state index contributed by atoms with van der Waals surface area (Å²) >= 11 is 6.21. The van der Waals surface area contributed by atoms with Crippen molar-refractivity contribution in [3.8, 4) is 11.6 Å². The zero-order valence-electron chi connectivity index (χ0n) is 25.0. The molecule has 0 amide bonds. The summed E-state index contributed by atoms with van der Waals surface area (Å²) in [4.78, 5) is 22.7. The molecule has 6 rings (SSSR count). The number of hydrogen-bond acceptors (Lipinski definition) is 8. The van der Waals surface area contributed by atoms with Crippen LogP contribution < -0.4 is 20.3 Å². The Morgan fingerprint density at radius 3 is 2.56 bits per heavy atom. The fourth-order valence-corrected chi connectivity index (χ4v) is 6.89. The van der Waals surface area contributed by atoms with Crippen molar-refractivity contribution in [2.24, 2.45) is 5.41 Å². The molecule has 3 fully saturated rings. The van der Waals surface area contributed by atoms with Crippen LogP contribution in [0.1, 0.15) is 68.7 Å². The second kappa shape index (κ2) is 12.7. The van der Waals surface area contributed by atoms with Crippen LogP contribution in [-0.2, 0) is 4.79 Å². The number of anilines is 2. The predicted octanol–water partition coefficient (Wildman–Crippen LogP) is 6.08. The maximum absolute atomic E-state index is 14.8. The Morgan fingerprint density at radius 2 is 1.91 bits per heavy atom. The van der Waals surface area contributed by atoms with E-state index in [2.05, 4.69) is 20.7 Å². The Morgan fingerprint density at radius 1 is 1.16 bits per heavy atom. The summed E-state index contributed by atoms with van der Waals surface area (Å²) < 4.78 is 51.4. The van der Waals surface area contributed by atoms with Gasteiger partial charge in [0.15, 0.2) is 0 Å². The van der Waals surface area contributed by atoms with Gasteiger partial charge in [-0.05, 0) is 62.6 Å². The number of carbonyl (C=O) groups is 1. The Hall–Kier alpha value is -3.58. The quantitative estimate of drug-likeness (QED) is 0.267. The number of aryl methyl sites for hydroxylation is 1. The van der Waals surface area contributed by atoms with Crippen LogP contribution >= 0.6 is 11.6 Å². The average molecular weight is 648 g/mol. The molecule has 3 N–H and O–H groups in total. The summed E-state index contributed by atoms with van der Waals surface area (Å²) in [5.74, 6) is -0.361. The number of carboxylic acids is 1. The highest BCUT2D eigenvalue weighted by molar-refractivity contribution is 6.30. The molecule has 45 heavy (non-hydrogen) atoms. The number of alkyl halides is 3. The van der Waals surface area contributed by atoms with Gasteiger partial charge in [0.2, 0.25) is 17.9 Å². The normalized spacial score (nSPS) is 21.2. The number of nitrogens with one attached hydrogen (secondary N) is 2. The minimum Gasteiger partial charge on any atom is -0.480 e. The Labute approximate surface area is 264 Å². The molecule has 2 aliphatic heterocycles. The number of rotatable bonds is 8. The minimum atomic E-state index is -4.79. The number of hydrogen-bond donors (Lipinski definition) is 3. The third kappa shape index (κ3) is 7.14. The largest absolute Gasteiger partial charge is 0.480 e. The van der Waals surface area contributed by atoms with Crippen molar-refractivity contribution in [1.82, 2.24) is 25.1 Å². The fraction of sp³-hybridized carbons (Fsp3) is 0.548. The first-order valence-electron chi connectivity index (χ1n) is 15.4. The molecule has 1 aliphatic carbocycles. The van der Waals surface area contributed by atoms with Gasteiger partial charge in [-0.3, -0.25) is 4.79 Å². The first-order valence-corrected chi connectivity index (χ1v) is 15.8. The van der Waals surface area contributed by atoms with Crippen molar-refractivity contribution in [3.63, 3.8) is 0 Å². The number of aromatic nitrogens is 4. The van der Waals surface area contributed by atoms with Crippen LogP contribution in [-0.4, -0.2) is 68.7 Å². The van der Waals surface area contributed by atoms with E-state index in [-0.39, 0.29) is 39.6 Å². The van der Waals surface area contributed by atoms with Gasteiger partial charge in [-0.2, -0.15) is 28.2 Å². The van der Waals surface area contributed by atoms with Crippen LogP contribution in [0, 0.1) is 12.3 Å². The first-order chi connectivity index (χ1) is 21.5. The van der Waals surface area contributed by atoms with Gasteiger partial charge in [-0.15, -0.1) is 0 Å². The summed E-state index contributed by atoms with van der Waals surface area (Å²) in [6.07, 6.45) is 1.56. The van der Waals surface area contributed by atoms with Crippen molar-refractivity contribution in [1.29, 1.82) is 0 Å². The second-order valence-corrected chi connectivity index (χ2v) is 12.9. The minimum absolute atomic E-state index is 0.119. The van der Waals surface area contributed by atoms with Gasteiger partial charge in [0.25, 0.3) is 0 Å². The third-order valence-electron chi connectivity index (χ3n) is 9.21. The molecule has 3 aromatic rings. The van der Waals surface area contributed by atoms with Crippen molar-refractivity contribution in [3.05, 3.63) is 52.8 Å². The molecule has 1 unspecified atom stereocenters. The van der Waals surface area contributed by atoms with Crippen LogP contribution in [0.4, 0.5) is 24.9 Å². The van der Waals surface area contributed by atoms with E-state index in [1.54, 1.807) is 19.2 Å². The molecule has 2 saturated heterocycles. The second-order valence-electron chi connectivity index (χ2n) is 12.5. The predicted molar refractivity (Wildman–Crippen MR) is 163 cm³/mol. The SMILES string of the molecule is Cc1ccn(-c2cc(Cl)ccc2[C@@H](Oc2cc(N3CCC4(CC3)CNC(C(=O)O)C4)nc(NC3CCCCC3)n2)C(F)(F)F)n1. The van der Waals surface area contributed by atoms with E-state index in [4.69, 9.17) is 21.3 Å². The van der Waals surface area contributed by atoms with E-state index < -0.39 is 24.3 Å². The molecule has 4 heterocycles. The molecule has 10 nitrogen and oxygen atoms in total. The van der Waals surface area contributed by atoms with Crippen LogP contribution in [0.5, 0.6) is 5.88 Å². The molecule has 3 aliphatic rings. The van der Waals surface area contributed by atoms with E-state index in [9.17, 15) is 23.1 Å². The number of aliphatic carboxylic acids is 1. The fourth-order valence-electron chi connectivity index (χ4n) is 6.73. The maximum Gasteiger partial charge on any atom is 0.429 e. The lowest BCUT2D eigenvalue weighted by atomic mass is 9.76. The highest BCUT2D eigenvalue weighted by Crippen LogP contribution is 2.42. The molecule has 1 spiro atoms. The Balaban J connectivity index is 1.31. The highest BCUT2D eigenvalue weighted by atomic mass is 35.5. The van der Waals surface area contributed by atoms with E-state index in [0.29, 0.717) is 37.6 Å². The molecule has 2 atom stereocenters. The molecule has 0 bridgehead atoms. The Bertz CT molecular complexity index is 1520. The number of carboxylic acid groups (broad SMARTS) is 1. The van der Waals surface area contributed by atoms with E-state index in [1.165, 1.54) is 28.9 Å². The van der Waals surface area contributed by atoms with E-state index in [1.807, 2.05) is 4.90 Å².